The molecule has 0 saturated carbocycles. The Kier molecular flexibility index (Phi) is 7.38. The van der Waals surface area contributed by atoms with E-state index in [4.69, 9.17) is 27.9 Å². The van der Waals surface area contributed by atoms with E-state index >= 15 is 0 Å². The average Bonchev–Trinajstić information content (AvgIpc) is 2.09. The first kappa shape index (κ1) is 14.1. The molecule has 0 rings (SSSR count). The van der Waals surface area contributed by atoms with Crippen LogP contribution in [-0.2, 0) is 9.53 Å². The SMILES string of the molecule is CCCCCCCOC(=O)C(C)(Cl)Cl. The topological polar surface area (TPSA) is 26.3 Å². The van der Waals surface area contributed by atoms with Crippen molar-refractivity contribution in [1.29, 1.82) is 0 Å². The number of esters is 1. The molecule has 0 atom stereocenters. The Morgan fingerprint density at radius 3 is 2.29 bits per heavy atom. The molecule has 0 saturated heterocycles. The third-order valence-electron chi connectivity index (χ3n) is 1.84. The standard InChI is InChI=1S/C10H18Cl2O2/c1-3-4-5-6-7-8-14-9(13)10(2,11)12/h3-8H2,1-2H3. The molecule has 0 aromatic carbocycles. The number of rotatable bonds is 7. The molecule has 0 aromatic rings. The molecule has 0 aliphatic rings. The van der Waals surface area contributed by atoms with Crippen LogP contribution in [0.5, 0.6) is 0 Å². The van der Waals surface area contributed by atoms with Gasteiger partial charge in [-0.25, -0.2) is 4.79 Å². The fourth-order valence-corrected chi connectivity index (χ4v) is 1.11. The first-order valence-electron chi connectivity index (χ1n) is 5.03. The number of hydrogen-bond donors (Lipinski definition) is 0. The maximum atomic E-state index is 11.1. The zero-order valence-electron chi connectivity index (χ0n) is 8.82. The largest absolute Gasteiger partial charge is 0.463 e. The van der Waals surface area contributed by atoms with E-state index in [2.05, 4.69) is 6.92 Å². The van der Waals surface area contributed by atoms with Crippen LogP contribution in [0.3, 0.4) is 0 Å². The Hall–Kier alpha value is 0.0500. The molecular weight excluding hydrogens is 223 g/mol. The molecule has 0 aliphatic heterocycles. The normalized spacial score (nSPS) is 11.4. The predicted molar refractivity (Wildman–Crippen MR) is 59.8 cm³/mol. The van der Waals surface area contributed by atoms with Crippen molar-refractivity contribution in [2.24, 2.45) is 0 Å². The van der Waals surface area contributed by atoms with E-state index in [0.717, 1.165) is 12.8 Å². The highest BCUT2D eigenvalue weighted by molar-refractivity contribution is 6.57. The molecule has 0 fully saturated rings. The van der Waals surface area contributed by atoms with E-state index in [0.29, 0.717) is 6.61 Å². The van der Waals surface area contributed by atoms with Crippen molar-refractivity contribution < 1.29 is 9.53 Å². The minimum atomic E-state index is -1.41. The van der Waals surface area contributed by atoms with Crippen molar-refractivity contribution in [1.82, 2.24) is 0 Å². The van der Waals surface area contributed by atoms with Crippen molar-refractivity contribution in [3.63, 3.8) is 0 Å². The third-order valence-corrected chi connectivity index (χ3v) is 2.15. The summed E-state index contributed by atoms with van der Waals surface area (Å²) in [6.07, 6.45) is 5.60. The summed E-state index contributed by atoms with van der Waals surface area (Å²) in [6.45, 7) is 3.99. The van der Waals surface area contributed by atoms with Crippen LogP contribution in [0.2, 0.25) is 0 Å². The van der Waals surface area contributed by atoms with E-state index < -0.39 is 10.3 Å². The van der Waals surface area contributed by atoms with Crippen molar-refractivity contribution in [2.75, 3.05) is 6.61 Å². The number of halogens is 2. The Balaban J connectivity index is 3.33. The van der Waals surface area contributed by atoms with Gasteiger partial charge in [-0.1, -0.05) is 55.8 Å². The maximum Gasteiger partial charge on any atom is 0.342 e. The molecule has 0 bridgehead atoms. The Bertz CT molecular complexity index is 164. The minimum Gasteiger partial charge on any atom is -0.463 e. The number of alkyl halides is 2. The zero-order chi connectivity index (χ0) is 11.0. The lowest BCUT2D eigenvalue weighted by molar-refractivity contribution is -0.144. The van der Waals surface area contributed by atoms with Gasteiger partial charge in [-0.05, 0) is 13.3 Å². The van der Waals surface area contributed by atoms with Gasteiger partial charge in [-0.15, -0.1) is 0 Å². The molecule has 0 spiro atoms. The first-order chi connectivity index (χ1) is 6.48. The van der Waals surface area contributed by atoms with Gasteiger partial charge in [0.1, 0.15) is 0 Å². The second-order valence-corrected chi connectivity index (χ2v) is 5.14. The predicted octanol–water partition coefficient (Wildman–Crippen LogP) is 3.69. The lowest BCUT2D eigenvalue weighted by Crippen LogP contribution is -2.24. The second-order valence-electron chi connectivity index (χ2n) is 3.44. The average molecular weight is 241 g/mol. The van der Waals surface area contributed by atoms with Crippen molar-refractivity contribution in [3.05, 3.63) is 0 Å². The molecule has 0 aliphatic carbocycles. The minimum absolute atomic E-state index is 0.414. The number of carbonyl (C=O) groups excluding carboxylic acids is 1. The molecule has 4 heteroatoms. The Labute approximate surface area is 95.9 Å². The number of ether oxygens (including phenoxy) is 1. The quantitative estimate of drug-likeness (QED) is 0.386. The van der Waals surface area contributed by atoms with Crippen LogP contribution in [0.15, 0.2) is 0 Å². The molecular formula is C10H18Cl2O2. The van der Waals surface area contributed by atoms with Gasteiger partial charge in [0.2, 0.25) is 4.33 Å². The van der Waals surface area contributed by atoms with Crippen molar-refractivity contribution >= 4 is 29.2 Å². The summed E-state index contributed by atoms with van der Waals surface area (Å²) in [4.78, 5) is 11.1. The summed E-state index contributed by atoms with van der Waals surface area (Å²) in [5.74, 6) is -0.559. The zero-order valence-corrected chi connectivity index (χ0v) is 10.3. The van der Waals surface area contributed by atoms with Gasteiger partial charge in [0.05, 0.1) is 6.61 Å². The van der Waals surface area contributed by atoms with E-state index in [9.17, 15) is 4.79 Å². The molecule has 0 heterocycles. The fourth-order valence-electron chi connectivity index (χ4n) is 0.997. The second kappa shape index (κ2) is 7.36. The maximum absolute atomic E-state index is 11.1. The van der Waals surface area contributed by atoms with Gasteiger partial charge >= 0.3 is 5.97 Å². The highest BCUT2D eigenvalue weighted by Gasteiger charge is 2.28. The fraction of sp³-hybridized carbons (Fsp3) is 0.900. The first-order valence-corrected chi connectivity index (χ1v) is 5.79. The molecule has 2 nitrogen and oxygen atoms in total. The van der Waals surface area contributed by atoms with Gasteiger partial charge < -0.3 is 4.74 Å². The summed E-state index contributed by atoms with van der Waals surface area (Å²) in [5, 5.41) is 0. The molecule has 84 valence electrons. The van der Waals surface area contributed by atoms with Crippen LogP contribution < -0.4 is 0 Å². The molecule has 0 radical (unpaired) electrons. The van der Waals surface area contributed by atoms with E-state index in [1.54, 1.807) is 0 Å². The van der Waals surface area contributed by atoms with Crippen LogP contribution in [0.25, 0.3) is 0 Å². The molecule has 14 heavy (non-hydrogen) atoms. The summed E-state index contributed by atoms with van der Waals surface area (Å²) < 4.78 is 3.47. The van der Waals surface area contributed by atoms with Crippen molar-refractivity contribution in [3.8, 4) is 0 Å². The number of carbonyl (C=O) groups is 1. The summed E-state index contributed by atoms with van der Waals surface area (Å²) in [6, 6.07) is 0. The van der Waals surface area contributed by atoms with Crippen LogP contribution in [-0.4, -0.2) is 16.9 Å². The van der Waals surface area contributed by atoms with Crippen molar-refractivity contribution in [2.45, 2.75) is 50.3 Å². The highest BCUT2D eigenvalue weighted by atomic mass is 35.5. The van der Waals surface area contributed by atoms with Crippen LogP contribution in [0.4, 0.5) is 0 Å². The molecule has 0 N–H and O–H groups in total. The summed E-state index contributed by atoms with van der Waals surface area (Å²) in [7, 11) is 0. The lowest BCUT2D eigenvalue weighted by atomic mass is 10.2. The van der Waals surface area contributed by atoms with Gasteiger partial charge in [0, 0.05) is 0 Å². The van der Waals surface area contributed by atoms with Gasteiger partial charge in [0.15, 0.2) is 0 Å². The van der Waals surface area contributed by atoms with E-state index in [1.807, 2.05) is 0 Å². The molecule has 0 amide bonds. The van der Waals surface area contributed by atoms with Crippen LogP contribution in [0.1, 0.15) is 46.0 Å². The highest BCUT2D eigenvalue weighted by Crippen LogP contribution is 2.21. The van der Waals surface area contributed by atoms with Gasteiger partial charge in [-0.3, -0.25) is 0 Å². The molecule has 0 aromatic heterocycles. The summed E-state index contributed by atoms with van der Waals surface area (Å²) >= 11 is 11.1. The van der Waals surface area contributed by atoms with Crippen LogP contribution >= 0.6 is 23.2 Å². The smallest absolute Gasteiger partial charge is 0.342 e. The lowest BCUT2D eigenvalue weighted by Gasteiger charge is -2.11. The number of unbranched alkanes of at least 4 members (excludes halogenated alkanes) is 4. The van der Waals surface area contributed by atoms with Crippen LogP contribution in [0, 0.1) is 0 Å². The van der Waals surface area contributed by atoms with E-state index in [-0.39, 0.29) is 0 Å². The summed E-state index contributed by atoms with van der Waals surface area (Å²) in [5.41, 5.74) is 0. The van der Waals surface area contributed by atoms with Gasteiger partial charge in [-0.2, -0.15) is 0 Å². The van der Waals surface area contributed by atoms with Gasteiger partial charge in [0.25, 0.3) is 0 Å². The Morgan fingerprint density at radius 1 is 1.21 bits per heavy atom. The van der Waals surface area contributed by atoms with E-state index in [1.165, 1.54) is 26.2 Å². The third kappa shape index (κ3) is 7.45. The number of hydrogen-bond acceptors (Lipinski definition) is 2. The Morgan fingerprint density at radius 2 is 1.79 bits per heavy atom. The molecule has 0 unspecified atom stereocenters. The monoisotopic (exact) mass is 240 g/mol.